The van der Waals surface area contributed by atoms with Gasteiger partial charge in [0, 0.05) is 36.7 Å². The zero-order valence-corrected chi connectivity index (χ0v) is 27.6. The number of pyridine rings is 1. The second-order valence-electron chi connectivity index (χ2n) is 11.5. The van der Waals surface area contributed by atoms with Gasteiger partial charge >= 0.3 is 21.7 Å². The minimum atomic E-state index is -6.31. The number of carbonyl (C=O) groups is 1. The van der Waals surface area contributed by atoms with Gasteiger partial charge < -0.3 is 18.4 Å². The van der Waals surface area contributed by atoms with Crippen molar-refractivity contribution in [3.8, 4) is 34.1 Å². The summed E-state index contributed by atoms with van der Waals surface area (Å²) in [6, 6.07) is 2.89. The van der Waals surface area contributed by atoms with E-state index >= 15 is 4.39 Å². The van der Waals surface area contributed by atoms with Crippen LogP contribution in [-0.2, 0) is 26.1 Å². The van der Waals surface area contributed by atoms with E-state index in [-0.39, 0.29) is 54.3 Å². The summed E-state index contributed by atoms with van der Waals surface area (Å²) in [6.07, 6.45) is -0.628. The Bertz CT molecular complexity index is 1990. The van der Waals surface area contributed by atoms with Gasteiger partial charge in [0.05, 0.1) is 30.5 Å². The van der Waals surface area contributed by atoms with Crippen LogP contribution in [0.4, 0.5) is 31.1 Å². The molecule has 0 N–H and O–H groups in total. The number of fused-ring (bicyclic) bond motifs is 2. The average molecular weight is 723 g/mol. The molecule has 1 aliphatic heterocycles. The van der Waals surface area contributed by atoms with Crippen LogP contribution in [0.5, 0.6) is 11.6 Å². The summed E-state index contributed by atoms with van der Waals surface area (Å²) in [4.78, 5) is 18.4. The number of hydrogen-bond donors (Lipinski definition) is 0. The van der Waals surface area contributed by atoms with Gasteiger partial charge in [-0.25, -0.2) is 18.6 Å². The van der Waals surface area contributed by atoms with E-state index in [9.17, 15) is 35.2 Å². The minimum absolute atomic E-state index is 0.00689. The second kappa shape index (κ2) is 12.7. The third-order valence-corrected chi connectivity index (χ3v) is 8.89. The number of ether oxygens (including phenoxy) is 3. The number of nitrogens with zero attached hydrogens (tertiary/aromatic N) is 4. The van der Waals surface area contributed by atoms with E-state index in [1.54, 1.807) is 27.7 Å². The van der Waals surface area contributed by atoms with Gasteiger partial charge in [-0.15, -0.1) is 11.3 Å². The van der Waals surface area contributed by atoms with E-state index in [0.717, 1.165) is 12.1 Å². The van der Waals surface area contributed by atoms with Crippen LogP contribution in [0.1, 0.15) is 39.4 Å². The molecule has 1 amide bonds. The van der Waals surface area contributed by atoms with E-state index in [1.165, 1.54) is 22.8 Å². The summed E-state index contributed by atoms with van der Waals surface area (Å²) in [5.41, 5.74) is -7.67. The molecule has 11 nitrogen and oxygen atoms in total. The van der Waals surface area contributed by atoms with E-state index < -0.39 is 77.7 Å². The molecule has 1 aromatic carbocycles. The number of halogens is 6. The van der Waals surface area contributed by atoms with Crippen molar-refractivity contribution >= 4 is 37.6 Å². The highest BCUT2D eigenvalue weighted by molar-refractivity contribution is 7.88. The first-order valence-corrected chi connectivity index (χ1v) is 16.4. The zero-order valence-electron chi connectivity index (χ0n) is 25.9. The third-order valence-electron chi connectivity index (χ3n) is 7.03. The molecule has 0 fully saturated rings. The Kier molecular flexibility index (Phi) is 9.34. The highest BCUT2D eigenvalue weighted by Crippen LogP contribution is 2.48. The monoisotopic (exact) mass is 722 g/mol. The van der Waals surface area contributed by atoms with Crippen LogP contribution >= 0.6 is 11.3 Å². The minimum Gasteiger partial charge on any atom is -0.490 e. The molecule has 0 unspecified atom stereocenters. The van der Waals surface area contributed by atoms with Crippen molar-refractivity contribution in [3.05, 3.63) is 46.7 Å². The van der Waals surface area contributed by atoms with Crippen molar-refractivity contribution < 1.29 is 57.9 Å². The molecule has 0 radical (unpaired) electrons. The fourth-order valence-corrected chi connectivity index (χ4v) is 6.31. The fraction of sp³-hybridized carbons (Fsp3) is 0.414. The van der Waals surface area contributed by atoms with Crippen molar-refractivity contribution in [1.82, 2.24) is 19.7 Å². The zero-order chi connectivity index (χ0) is 35.3. The summed E-state index contributed by atoms with van der Waals surface area (Å²) in [5, 5.41) is 3.13. The molecule has 260 valence electrons. The third kappa shape index (κ3) is 6.88. The molecule has 0 aliphatic carbocycles. The topological polar surface area (TPSA) is 122 Å². The van der Waals surface area contributed by atoms with E-state index in [4.69, 9.17) is 14.2 Å². The molecule has 3 aromatic heterocycles. The van der Waals surface area contributed by atoms with Crippen LogP contribution in [0.3, 0.4) is 0 Å². The van der Waals surface area contributed by atoms with Gasteiger partial charge in [-0.2, -0.15) is 31.1 Å². The van der Waals surface area contributed by atoms with Crippen molar-refractivity contribution in [3.63, 3.8) is 0 Å². The smallest absolute Gasteiger partial charge is 0.490 e. The Morgan fingerprint density at radius 1 is 1.04 bits per heavy atom. The van der Waals surface area contributed by atoms with Gasteiger partial charge in [0.15, 0.2) is 5.13 Å². The van der Waals surface area contributed by atoms with Crippen molar-refractivity contribution in [2.24, 2.45) is 0 Å². The van der Waals surface area contributed by atoms with Crippen molar-refractivity contribution in [2.45, 2.75) is 51.4 Å². The normalized spacial score (nSPS) is 15.5. The maximum atomic E-state index is 15.8. The lowest BCUT2D eigenvalue weighted by molar-refractivity contribution is -0.0500. The number of benzene rings is 1. The standard InChI is InChI=1S/C29H28F6N4O7S2/c1-14-19-13-18(37-39(19)7-6-38(14)27(40)45-28(2,3)4)24-22(23-17(31)10-15(30)11-20(23)44-9-8-43-5)16-12-21(32)47-25(16)26(36-24)46-48(41,42)29(33,34)35/h10-14H,6-9H2,1-5H3/t14-/m1/s1. The fourth-order valence-electron chi connectivity index (χ4n) is 5.02. The maximum Gasteiger partial charge on any atom is 0.534 e. The van der Waals surface area contributed by atoms with Crippen LogP contribution in [0, 0.1) is 16.8 Å². The Morgan fingerprint density at radius 2 is 1.75 bits per heavy atom. The molecular weight excluding hydrogens is 694 g/mol. The molecule has 1 atom stereocenters. The second-order valence-corrected chi connectivity index (χ2v) is 14.1. The first-order valence-electron chi connectivity index (χ1n) is 14.1. The molecule has 19 heteroatoms. The van der Waals surface area contributed by atoms with Crippen LogP contribution in [0.2, 0.25) is 0 Å². The Labute approximate surface area is 274 Å². The molecule has 0 spiro atoms. The summed E-state index contributed by atoms with van der Waals surface area (Å²) in [5.74, 6) is -3.82. The number of alkyl halides is 3. The predicted molar refractivity (Wildman–Crippen MR) is 160 cm³/mol. The number of thiophene rings is 1. The van der Waals surface area contributed by atoms with Gasteiger partial charge in [0.1, 0.15) is 45.7 Å². The quantitative estimate of drug-likeness (QED) is 0.0836. The molecule has 1 aliphatic rings. The largest absolute Gasteiger partial charge is 0.534 e. The van der Waals surface area contributed by atoms with Gasteiger partial charge in [-0.3, -0.25) is 9.58 Å². The number of aromatic nitrogens is 3. The Balaban J connectivity index is 1.78. The van der Waals surface area contributed by atoms with Gasteiger partial charge in [-0.1, -0.05) is 0 Å². The molecule has 5 rings (SSSR count). The number of amides is 1. The Morgan fingerprint density at radius 3 is 2.40 bits per heavy atom. The molecule has 4 aromatic rings. The summed E-state index contributed by atoms with van der Waals surface area (Å²) in [7, 11) is -4.96. The number of rotatable bonds is 8. The lowest BCUT2D eigenvalue weighted by Crippen LogP contribution is -2.43. The van der Waals surface area contributed by atoms with Crippen LogP contribution in [0.15, 0.2) is 24.3 Å². The number of carbonyl (C=O) groups excluding carboxylic acids is 1. The predicted octanol–water partition coefficient (Wildman–Crippen LogP) is 6.81. The van der Waals surface area contributed by atoms with Crippen LogP contribution in [-0.4, -0.2) is 72.2 Å². The lowest BCUT2D eigenvalue weighted by Gasteiger charge is -2.35. The Hall–Kier alpha value is -4.10. The van der Waals surface area contributed by atoms with Gasteiger partial charge in [0.25, 0.3) is 5.88 Å². The maximum absolute atomic E-state index is 15.8. The molecular formula is C29H28F6N4O7S2. The SMILES string of the molecule is COCCOc1cc(F)cc(F)c1-c1c(-c2cc3n(n2)CCN(C(=O)OC(C)(C)C)[C@@H]3C)nc(OS(=O)(=O)C(F)(F)F)c2sc(F)cc12. The summed E-state index contributed by atoms with van der Waals surface area (Å²) >= 11 is 0.188. The van der Waals surface area contributed by atoms with E-state index in [2.05, 4.69) is 14.3 Å². The first kappa shape index (κ1) is 35.2. The van der Waals surface area contributed by atoms with E-state index in [1.807, 2.05) is 0 Å². The van der Waals surface area contributed by atoms with Gasteiger partial charge in [0.2, 0.25) is 0 Å². The molecule has 0 bridgehead atoms. The summed E-state index contributed by atoms with van der Waals surface area (Å²) < 4.78 is 131. The highest BCUT2D eigenvalue weighted by atomic mass is 32.2. The molecule has 0 saturated heterocycles. The first-order chi connectivity index (χ1) is 22.3. The lowest BCUT2D eigenvalue weighted by atomic mass is 9.96. The molecule has 4 heterocycles. The van der Waals surface area contributed by atoms with Crippen molar-refractivity contribution in [2.75, 3.05) is 26.9 Å². The average Bonchev–Trinajstić information content (AvgIpc) is 3.56. The van der Waals surface area contributed by atoms with Crippen LogP contribution in [0.25, 0.3) is 32.6 Å². The van der Waals surface area contributed by atoms with Crippen LogP contribution < -0.4 is 8.92 Å². The summed E-state index contributed by atoms with van der Waals surface area (Å²) in [6.45, 7) is 6.80. The van der Waals surface area contributed by atoms with Gasteiger partial charge in [-0.05, 0) is 39.8 Å². The number of hydrogen-bond acceptors (Lipinski definition) is 10. The highest BCUT2D eigenvalue weighted by Gasteiger charge is 2.49. The molecule has 0 saturated carbocycles. The van der Waals surface area contributed by atoms with E-state index in [0.29, 0.717) is 11.8 Å². The van der Waals surface area contributed by atoms with Crippen molar-refractivity contribution in [1.29, 1.82) is 0 Å². The molecule has 48 heavy (non-hydrogen) atoms. The number of methoxy groups -OCH3 is 1.